The van der Waals surface area contributed by atoms with E-state index >= 15 is 0 Å². The van der Waals surface area contributed by atoms with Crippen LogP contribution in [0.3, 0.4) is 0 Å². The van der Waals surface area contributed by atoms with E-state index in [4.69, 9.17) is 0 Å². The molecule has 0 saturated carbocycles. The molecule has 1 atom stereocenters. The van der Waals surface area contributed by atoms with Gasteiger partial charge in [-0.1, -0.05) is 99.1 Å². The average Bonchev–Trinajstić information content (AvgIpc) is 3.64. The summed E-state index contributed by atoms with van der Waals surface area (Å²) >= 11 is 0. The molecule has 1 aromatic heterocycles. The molecule has 0 spiro atoms. The maximum atomic E-state index is 15.0. The van der Waals surface area contributed by atoms with Crippen molar-refractivity contribution in [2.45, 2.75) is 53.4 Å². The Hall–Kier alpha value is -5.80. The van der Waals surface area contributed by atoms with Gasteiger partial charge in [-0.25, -0.2) is 4.57 Å². The van der Waals surface area contributed by atoms with Crippen LogP contribution in [0.4, 0.5) is 0 Å². The Morgan fingerprint density at radius 1 is 0.510 bits per heavy atom. The van der Waals surface area contributed by atoms with Crippen LogP contribution in [0, 0.1) is 20.8 Å². The van der Waals surface area contributed by atoms with Gasteiger partial charge in [-0.3, -0.25) is 9.59 Å². The van der Waals surface area contributed by atoms with Gasteiger partial charge in [-0.2, -0.15) is 0 Å². The number of nitrogens with zero attached hydrogens (tertiary/aromatic N) is 1. The van der Waals surface area contributed by atoms with E-state index in [2.05, 4.69) is 113 Å². The van der Waals surface area contributed by atoms with Crippen molar-refractivity contribution >= 4 is 64.6 Å². The molecular weight excluding hydrogens is 623 g/mol. The van der Waals surface area contributed by atoms with Crippen molar-refractivity contribution in [3.05, 3.63) is 146 Å². The first-order valence-electron chi connectivity index (χ1n) is 18.2. The zero-order valence-corrected chi connectivity index (χ0v) is 29.6. The third kappa shape index (κ3) is 3.89. The lowest BCUT2D eigenvalue weighted by Crippen LogP contribution is -2.23. The van der Waals surface area contributed by atoms with E-state index in [1.807, 2.05) is 25.1 Å². The Kier molecular flexibility index (Phi) is 6.25. The molecule has 51 heavy (non-hydrogen) atoms. The predicted octanol–water partition coefficient (Wildman–Crippen LogP) is 12.0. The van der Waals surface area contributed by atoms with Crippen LogP contribution in [0.2, 0.25) is 0 Å². The van der Waals surface area contributed by atoms with Crippen molar-refractivity contribution in [2.75, 3.05) is 0 Å². The lowest BCUT2D eigenvalue weighted by molar-refractivity contribution is 0.666. The van der Waals surface area contributed by atoms with Gasteiger partial charge < -0.3 is 0 Å². The quantitative estimate of drug-likeness (QED) is 0.167. The number of fused-ring (bicyclic) bond motifs is 3. The fraction of sp³-hybridized carbons (Fsp3) is 0.167. The standard InChI is InChI=1S/C48H37NO2/c1-6-11-26(3)31-13-9-10-15-33(31)37-24-39-44-42-35(37)21-18-29-17-20-34-36(32-14-8-7-12-27(32)4)23-38(43(44)41(34)40(29)42)45-46(39)48(51)49(47(45)50)30-19-16-25(2)28(5)22-30/h7-10,12-24,26H,6,11H2,1-5H3. The number of hydrogen-bond acceptors (Lipinski definition) is 2. The van der Waals surface area contributed by atoms with Gasteiger partial charge in [0.2, 0.25) is 0 Å². The van der Waals surface area contributed by atoms with E-state index in [1.165, 1.54) is 53.6 Å². The van der Waals surface area contributed by atoms with Crippen LogP contribution in [0.5, 0.6) is 0 Å². The minimum absolute atomic E-state index is 0.251. The summed E-state index contributed by atoms with van der Waals surface area (Å²) in [5.74, 6) is 0.375. The molecule has 10 rings (SSSR count). The lowest BCUT2D eigenvalue weighted by Gasteiger charge is -2.19. The lowest BCUT2D eigenvalue weighted by atomic mass is 9.85. The highest BCUT2D eigenvalue weighted by Gasteiger charge is 2.30. The first kappa shape index (κ1) is 30.1. The van der Waals surface area contributed by atoms with Crippen LogP contribution in [0.25, 0.3) is 92.6 Å². The maximum Gasteiger partial charge on any atom is 0.266 e. The maximum absolute atomic E-state index is 15.0. The van der Waals surface area contributed by atoms with Crippen molar-refractivity contribution < 1.29 is 0 Å². The van der Waals surface area contributed by atoms with E-state index < -0.39 is 0 Å². The van der Waals surface area contributed by atoms with E-state index in [1.54, 1.807) is 0 Å². The molecule has 0 aliphatic rings. The SMILES string of the molecule is CCCC(C)c1ccccc1-c1cc2c3c(=O)n(-c4ccc(C)c(C)c4)c(=O)c3c3cc(-c4ccccc4C)c4ccc5ccc1c1c5c4c3c21. The van der Waals surface area contributed by atoms with E-state index in [9.17, 15) is 9.59 Å². The number of hydrogen-bond donors (Lipinski definition) is 0. The molecular formula is C48H37NO2. The van der Waals surface area contributed by atoms with Gasteiger partial charge in [0, 0.05) is 0 Å². The number of benzene rings is 8. The first-order valence-corrected chi connectivity index (χ1v) is 18.2. The molecule has 9 aromatic carbocycles. The fourth-order valence-electron chi connectivity index (χ4n) is 9.37. The highest BCUT2D eigenvalue weighted by molar-refractivity contribution is 6.50. The van der Waals surface area contributed by atoms with E-state index in [0.717, 1.165) is 62.2 Å². The fourth-order valence-corrected chi connectivity index (χ4v) is 9.37. The number of rotatable bonds is 6. The predicted molar refractivity (Wildman–Crippen MR) is 216 cm³/mol. The summed E-state index contributed by atoms with van der Waals surface area (Å²) in [5, 5.41) is 12.1. The van der Waals surface area contributed by atoms with Crippen LogP contribution in [-0.4, -0.2) is 4.57 Å². The zero-order valence-electron chi connectivity index (χ0n) is 29.6. The molecule has 1 heterocycles. The summed E-state index contributed by atoms with van der Waals surface area (Å²) in [5.41, 5.74) is 9.31. The summed E-state index contributed by atoms with van der Waals surface area (Å²) in [4.78, 5) is 29.9. The second kappa shape index (κ2) is 10.6. The Labute approximate surface area is 295 Å². The summed E-state index contributed by atoms with van der Waals surface area (Å²) in [6.07, 6.45) is 2.19. The summed E-state index contributed by atoms with van der Waals surface area (Å²) in [6, 6.07) is 36.6. The minimum atomic E-state index is -0.253. The second-order valence-electron chi connectivity index (χ2n) is 14.8. The highest BCUT2D eigenvalue weighted by Crippen LogP contribution is 2.54. The molecule has 3 heteroatoms. The third-order valence-corrected chi connectivity index (χ3v) is 11.9. The summed E-state index contributed by atoms with van der Waals surface area (Å²) in [6.45, 7) is 10.8. The average molecular weight is 660 g/mol. The van der Waals surface area contributed by atoms with Gasteiger partial charge in [0.15, 0.2) is 0 Å². The normalized spacial score (nSPS) is 13.0. The Bertz CT molecular complexity index is 3130. The first-order chi connectivity index (χ1) is 24.8. The Morgan fingerprint density at radius 2 is 1.08 bits per heavy atom. The molecule has 0 radical (unpaired) electrons. The van der Waals surface area contributed by atoms with Gasteiger partial charge in [0.1, 0.15) is 0 Å². The summed E-state index contributed by atoms with van der Waals surface area (Å²) < 4.78 is 1.42. The molecule has 0 aliphatic heterocycles. The topological polar surface area (TPSA) is 39.1 Å². The van der Waals surface area contributed by atoms with Crippen molar-refractivity contribution in [1.29, 1.82) is 0 Å². The second-order valence-corrected chi connectivity index (χ2v) is 14.8. The van der Waals surface area contributed by atoms with Gasteiger partial charge in [0.25, 0.3) is 11.1 Å². The monoisotopic (exact) mass is 659 g/mol. The third-order valence-electron chi connectivity index (χ3n) is 11.9. The molecule has 0 saturated heterocycles. The summed E-state index contributed by atoms with van der Waals surface area (Å²) in [7, 11) is 0. The molecule has 3 nitrogen and oxygen atoms in total. The number of aryl methyl sites for hydroxylation is 3. The number of aromatic nitrogens is 1. The van der Waals surface area contributed by atoms with Gasteiger partial charge in [-0.05, 0) is 156 Å². The Balaban J connectivity index is 1.48. The van der Waals surface area contributed by atoms with Gasteiger partial charge >= 0.3 is 0 Å². The van der Waals surface area contributed by atoms with Crippen LogP contribution in [0.1, 0.15) is 54.9 Å². The highest BCUT2D eigenvalue weighted by atomic mass is 16.2. The largest absolute Gasteiger partial charge is 0.268 e. The molecule has 0 amide bonds. The van der Waals surface area contributed by atoms with Crippen LogP contribution >= 0.6 is 0 Å². The molecule has 246 valence electrons. The molecule has 10 aromatic rings. The van der Waals surface area contributed by atoms with Crippen molar-refractivity contribution in [1.82, 2.24) is 4.57 Å². The van der Waals surface area contributed by atoms with Crippen molar-refractivity contribution in [3.8, 4) is 27.9 Å². The van der Waals surface area contributed by atoms with Crippen molar-refractivity contribution in [3.63, 3.8) is 0 Å². The molecule has 0 bridgehead atoms. The molecule has 0 aliphatic carbocycles. The van der Waals surface area contributed by atoms with E-state index in [-0.39, 0.29) is 11.1 Å². The molecule has 0 N–H and O–H groups in total. The van der Waals surface area contributed by atoms with Gasteiger partial charge in [-0.15, -0.1) is 0 Å². The van der Waals surface area contributed by atoms with Crippen molar-refractivity contribution in [2.24, 2.45) is 0 Å². The van der Waals surface area contributed by atoms with E-state index in [0.29, 0.717) is 22.4 Å². The minimum Gasteiger partial charge on any atom is -0.268 e. The Morgan fingerprint density at radius 3 is 1.69 bits per heavy atom. The molecule has 0 fully saturated rings. The van der Waals surface area contributed by atoms with Crippen LogP contribution in [0.15, 0.2) is 113 Å². The molecule has 1 unspecified atom stereocenters. The zero-order chi connectivity index (χ0) is 34.9. The van der Waals surface area contributed by atoms with Crippen LogP contribution in [-0.2, 0) is 0 Å². The van der Waals surface area contributed by atoms with Crippen LogP contribution < -0.4 is 11.1 Å². The smallest absolute Gasteiger partial charge is 0.266 e. The van der Waals surface area contributed by atoms with Gasteiger partial charge in [0.05, 0.1) is 16.5 Å².